The summed E-state index contributed by atoms with van der Waals surface area (Å²) in [6.07, 6.45) is -2.01. The molecule has 7 heteroatoms. The second-order valence-electron chi connectivity index (χ2n) is 4.58. The highest BCUT2D eigenvalue weighted by Crippen LogP contribution is 2.25. The van der Waals surface area contributed by atoms with Crippen LogP contribution in [-0.4, -0.2) is 33.7 Å². The van der Waals surface area contributed by atoms with Crippen molar-refractivity contribution in [1.82, 2.24) is 5.32 Å². The number of rotatable bonds is 6. The number of nitrogens with zero attached hydrogens (tertiary/aromatic N) is 1. The molecule has 0 saturated heterocycles. The lowest BCUT2D eigenvalue weighted by Gasteiger charge is -2.19. The van der Waals surface area contributed by atoms with Crippen molar-refractivity contribution in [2.24, 2.45) is 0 Å². The molecule has 1 aromatic carbocycles. The molecular formula is C13H18N2O5. The van der Waals surface area contributed by atoms with Crippen LogP contribution in [0.25, 0.3) is 0 Å². The first kappa shape index (κ1) is 16.1. The molecule has 0 aliphatic heterocycles. The van der Waals surface area contributed by atoms with Crippen LogP contribution in [0.2, 0.25) is 0 Å². The second-order valence-corrected chi connectivity index (χ2v) is 4.58. The fraction of sp³-hybridized carbons (Fsp3) is 0.462. The Bertz CT molecular complexity index is 504. The number of aryl methyl sites for hydroxylation is 1. The highest BCUT2D eigenvalue weighted by molar-refractivity contribution is 5.72. The minimum Gasteiger partial charge on any atom is -0.390 e. The van der Waals surface area contributed by atoms with E-state index in [9.17, 15) is 25.1 Å². The molecule has 0 aromatic heterocycles. The van der Waals surface area contributed by atoms with Gasteiger partial charge >= 0.3 is 0 Å². The molecule has 0 saturated carbocycles. The minimum atomic E-state index is -1.15. The zero-order chi connectivity index (χ0) is 15.3. The van der Waals surface area contributed by atoms with E-state index >= 15 is 0 Å². The third kappa shape index (κ3) is 4.29. The van der Waals surface area contributed by atoms with Gasteiger partial charge in [-0.05, 0) is 30.5 Å². The standard InChI is InChI=1S/C13H18N2O5/c1-8-7-10(15(19)20)3-4-11(8)13(18)12(17)5-6-14-9(2)16/h3-4,7,12-13,17-18H,5-6H2,1-2H3,(H,14,16). The molecule has 20 heavy (non-hydrogen) atoms. The maximum absolute atomic E-state index is 10.7. The second kappa shape index (κ2) is 6.97. The summed E-state index contributed by atoms with van der Waals surface area (Å²) >= 11 is 0. The molecule has 0 aliphatic rings. The lowest BCUT2D eigenvalue weighted by atomic mass is 9.97. The van der Waals surface area contributed by atoms with Gasteiger partial charge in [0.05, 0.1) is 11.0 Å². The number of non-ortho nitro benzene ring substituents is 1. The minimum absolute atomic E-state index is 0.0637. The van der Waals surface area contributed by atoms with Crippen molar-refractivity contribution < 1.29 is 19.9 Å². The average molecular weight is 282 g/mol. The number of amides is 1. The van der Waals surface area contributed by atoms with Crippen LogP contribution in [0.5, 0.6) is 0 Å². The maximum Gasteiger partial charge on any atom is 0.269 e. The van der Waals surface area contributed by atoms with Crippen molar-refractivity contribution in [1.29, 1.82) is 0 Å². The topological polar surface area (TPSA) is 113 Å². The molecule has 0 aliphatic carbocycles. The smallest absolute Gasteiger partial charge is 0.269 e. The Hall–Kier alpha value is -1.99. The lowest BCUT2D eigenvalue weighted by molar-refractivity contribution is -0.384. The summed E-state index contributed by atoms with van der Waals surface area (Å²) in [6.45, 7) is 3.25. The summed E-state index contributed by atoms with van der Waals surface area (Å²) in [4.78, 5) is 20.8. The van der Waals surface area contributed by atoms with Gasteiger partial charge in [-0.3, -0.25) is 14.9 Å². The molecule has 1 amide bonds. The van der Waals surface area contributed by atoms with Gasteiger partial charge in [-0.1, -0.05) is 0 Å². The Morgan fingerprint density at radius 1 is 1.45 bits per heavy atom. The molecule has 1 rings (SSSR count). The van der Waals surface area contributed by atoms with Gasteiger partial charge in [-0.2, -0.15) is 0 Å². The Labute approximate surface area is 116 Å². The Morgan fingerprint density at radius 2 is 2.10 bits per heavy atom. The Morgan fingerprint density at radius 3 is 2.60 bits per heavy atom. The van der Waals surface area contributed by atoms with Crippen LogP contribution in [0.4, 0.5) is 5.69 Å². The summed E-state index contributed by atoms with van der Waals surface area (Å²) in [5.74, 6) is -0.210. The molecule has 0 bridgehead atoms. The van der Waals surface area contributed by atoms with Gasteiger partial charge in [0.2, 0.25) is 5.91 Å². The normalized spacial score (nSPS) is 13.6. The molecule has 0 spiro atoms. The quantitative estimate of drug-likeness (QED) is 0.528. The number of hydrogen-bond donors (Lipinski definition) is 3. The van der Waals surface area contributed by atoms with Gasteiger partial charge in [0.25, 0.3) is 5.69 Å². The molecule has 2 atom stereocenters. The number of nitro benzene ring substituents is 1. The summed E-state index contributed by atoms with van der Waals surface area (Å²) < 4.78 is 0. The van der Waals surface area contributed by atoms with E-state index in [1.807, 2.05) is 0 Å². The van der Waals surface area contributed by atoms with Crippen LogP contribution < -0.4 is 5.32 Å². The maximum atomic E-state index is 10.7. The van der Waals surface area contributed by atoms with Crippen LogP contribution >= 0.6 is 0 Å². The van der Waals surface area contributed by atoms with Crippen LogP contribution in [-0.2, 0) is 4.79 Å². The van der Waals surface area contributed by atoms with Gasteiger partial charge in [-0.15, -0.1) is 0 Å². The zero-order valence-electron chi connectivity index (χ0n) is 11.4. The Kier molecular flexibility index (Phi) is 5.60. The van der Waals surface area contributed by atoms with E-state index in [1.54, 1.807) is 6.92 Å². The molecule has 0 radical (unpaired) electrons. The highest BCUT2D eigenvalue weighted by atomic mass is 16.6. The number of hydrogen-bond acceptors (Lipinski definition) is 5. The number of nitrogens with one attached hydrogen (secondary N) is 1. The molecule has 3 N–H and O–H groups in total. The number of benzene rings is 1. The van der Waals surface area contributed by atoms with Crippen molar-refractivity contribution in [3.8, 4) is 0 Å². The average Bonchev–Trinajstić information content (AvgIpc) is 2.37. The monoisotopic (exact) mass is 282 g/mol. The van der Waals surface area contributed by atoms with Crippen LogP contribution in [0.1, 0.15) is 30.6 Å². The summed E-state index contributed by atoms with van der Waals surface area (Å²) in [5.41, 5.74) is 0.905. The molecule has 110 valence electrons. The Balaban J connectivity index is 2.73. The van der Waals surface area contributed by atoms with Gasteiger partial charge in [0.1, 0.15) is 6.10 Å². The predicted octanol–water partition coefficient (Wildman–Crippen LogP) is 0.824. The first-order chi connectivity index (χ1) is 9.32. The fourth-order valence-electron chi connectivity index (χ4n) is 1.87. The van der Waals surface area contributed by atoms with E-state index < -0.39 is 17.1 Å². The van der Waals surface area contributed by atoms with E-state index in [4.69, 9.17) is 0 Å². The van der Waals surface area contributed by atoms with Gasteiger partial charge in [-0.25, -0.2) is 0 Å². The fourth-order valence-corrected chi connectivity index (χ4v) is 1.87. The molecule has 0 fully saturated rings. The van der Waals surface area contributed by atoms with Crippen LogP contribution in [0, 0.1) is 17.0 Å². The molecule has 1 aromatic rings. The van der Waals surface area contributed by atoms with Crippen molar-refractivity contribution in [3.05, 3.63) is 39.4 Å². The van der Waals surface area contributed by atoms with Crippen molar-refractivity contribution in [2.45, 2.75) is 32.5 Å². The van der Waals surface area contributed by atoms with E-state index in [2.05, 4.69) is 5.32 Å². The van der Waals surface area contributed by atoms with Crippen molar-refractivity contribution in [2.75, 3.05) is 6.54 Å². The largest absolute Gasteiger partial charge is 0.390 e. The van der Waals surface area contributed by atoms with Crippen LogP contribution in [0.15, 0.2) is 18.2 Å². The first-order valence-corrected chi connectivity index (χ1v) is 6.18. The molecular weight excluding hydrogens is 264 g/mol. The predicted molar refractivity (Wildman–Crippen MR) is 72.1 cm³/mol. The third-order valence-corrected chi connectivity index (χ3v) is 2.96. The van der Waals surface area contributed by atoms with Gasteiger partial charge in [0.15, 0.2) is 0 Å². The number of carbonyl (C=O) groups excluding carboxylic acids is 1. The highest BCUT2D eigenvalue weighted by Gasteiger charge is 2.21. The van der Waals surface area contributed by atoms with E-state index in [-0.39, 0.29) is 24.6 Å². The first-order valence-electron chi connectivity index (χ1n) is 6.18. The zero-order valence-corrected chi connectivity index (χ0v) is 11.4. The van der Waals surface area contributed by atoms with Crippen LogP contribution in [0.3, 0.4) is 0 Å². The van der Waals surface area contributed by atoms with Crippen molar-refractivity contribution in [3.63, 3.8) is 0 Å². The van der Waals surface area contributed by atoms with Crippen molar-refractivity contribution >= 4 is 11.6 Å². The lowest BCUT2D eigenvalue weighted by Crippen LogP contribution is -2.27. The van der Waals surface area contributed by atoms with Gasteiger partial charge < -0.3 is 15.5 Å². The number of aliphatic hydroxyl groups is 2. The summed E-state index contributed by atoms with van der Waals surface area (Å²) in [5, 5.41) is 33.0. The number of carbonyl (C=O) groups is 1. The number of aliphatic hydroxyl groups excluding tert-OH is 2. The molecule has 2 unspecified atom stereocenters. The third-order valence-electron chi connectivity index (χ3n) is 2.96. The number of nitro groups is 1. The SMILES string of the molecule is CC(=O)NCCC(O)C(O)c1ccc([N+](=O)[O-])cc1C. The molecule has 0 heterocycles. The van der Waals surface area contributed by atoms with E-state index in [0.29, 0.717) is 11.1 Å². The molecule has 7 nitrogen and oxygen atoms in total. The van der Waals surface area contributed by atoms with E-state index in [0.717, 1.165) is 0 Å². The van der Waals surface area contributed by atoms with E-state index in [1.165, 1.54) is 25.1 Å². The summed E-state index contributed by atoms with van der Waals surface area (Å²) in [6, 6.07) is 4.06. The van der Waals surface area contributed by atoms with Gasteiger partial charge in [0, 0.05) is 25.6 Å². The summed E-state index contributed by atoms with van der Waals surface area (Å²) in [7, 11) is 0.